The van der Waals surface area contributed by atoms with Crippen molar-refractivity contribution in [2.45, 2.75) is 38.9 Å². The van der Waals surface area contributed by atoms with E-state index in [1.54, 1.807) is 4.90 Å². The minimum Gasteiger partial charge on any atom is -0.336 e. The fraction of sp³-hybridized carbons (Fsp3) is 0.421. The van der Waals surface area contributed by atoms with E-state index in [1.807, 2.05) is 53.2 Å². The number of carbonyl (C=O) groups is 2. The Morgan fingerprint density at radius 3 is 2.92 bits per heavy atom. The Labute approximate surface area is 147 Å². The number of benzene rings is 1. The lowest BCUT2D eigenvalue weighted by Crippen LogP contribution is -2.44. The molecule has 2 amide bonds. The van der Waals surface area contributed by atoms with Gasteiger partial charge >= 0.3 is 0 Å². The van der Waals surface area contributed by atoms with Crippen LogP contribution in [0.5, 0.6) is 0 Å². The van der Waals surface area contributed by atoms with E-state index >= 15 is 0 Å². The van der Waals surface area contributed by atoms with Gasteiger partial charge in [0.05, 0.1) is 18.8 Å². The zero-order valence-electron chi connectivity index (χ0n) is 14.4. The monoisotopic (exact) mass is 338 g/mol. The molecular weight excluding hydrogens is 316 g/mol. The second-order valence-corrected chi connectivity index (χ2v) is 6.94. The quantitative estimate of drug-likeness (QED) is 0.855. The molecule has 1 aromatic carbocycles. The molecule has 1 fully saturated rings. The predicted molar refractivity (Wildman–Crippen MR) is 92.9 cm³/mol. The molecule has 2 aliphatic heterocycles. The molecule has 0 unspecified atom stereocenters. The van der Waals surface area contributed by atoms with Crippen molar-refractivity contribution in [1.29, 1.82) is 0 Å². The van der Waals surface area contributed by atoms with E-state index in [2.05, 4.69) is 5.10 Å². The minimum atomic E-state index is -0.0394. The highest BCUT2D eigenvalue weighted by molar-refractivity contribution is 6.00. The number of likely N-dealkylation sites (tertiary alicyclic amines) is 1. The molecule has 130 valence electrons. The van der Waals surface area contributed by atoms with E-state index in [4.69, 9.17) is 0 Å². The molecule has 1 saturated heterocycles. The summed E-state index contributed by atoms with van der Waals surface area (Å²) in [6.45, 7) is 4.17. The summed E-state index contributed by atoms with van der Waals surface area (Å²) in [4.78, 5) is 28.8. The van der Waals surface area contributed by atoms with E-state index in [9.17, 15) is 9.59 Å². The van der Waals surface area contributed by atoms with Crippen LogP contribution in [0.2, 0.25) is 0 Å². The maximum absolute atomic E-state index is 12.8. The van der Waals surface area contributed by atoms with Crippen LogP contribution >= 0.6 is 0 Å². The summed E-state index contributed by atoms with van der Waals surface area (Å²) in [5.74, 6) is -0.00469. The Kier molecular flexibility index (Phi) is 4.03. The molecule has 3 heterocycles. The van der Waals surface area contributed by atoms with Gasteiger partial charge < -0.3 is 9.80 Å². The van der Waals surface area contributed by atoms with Crippen LogP contribution in [0.1, 0.15) is 34.3 Å². The zero-order chi connectivity index (χ0) is 17.4. The van der Waals surface area contributed by atoms with Crippen molar-refractivity contribution in [3.05, 3.63) is 53.3 Å². The minimum absolute atomic E-state index is 0.0348. The van der Waals surface area contributed by atoms with E-state index in [-0.39, 0.29) is 24.4 Å². The fourth-order valence-corrected chi connectivity index (χ4v) is 3.83. The lowest BCUT2D eigenvalue weighted by Gasteiger charge is -2.27. The molecule has 4 rings (SSSR count). The molecule has 1 aromatic heterocycles. The van der Waals surface area contributed by atoms with Gasteiger partial charge in [0.1, 0.15) is 6.54 Å². The number of fused-ring (bicyclic) bond motifs is 1. The average molecular weight is 338 g/mol. The van der Waals surface area contributed by atoms with Gasteiger partial charge in [-0.05, 0) is 37.0 Å². The third-order valence-electron chi connectivity index (χ3n) is 5.08. The normalized spacial score (nSPS) is 19.6. The number of rotatable bonds is 4. The van der Waals surface area contributed by atoms with Gasteiger partial charge in [-0.15, -0.1) is 0 Å². The Balaban J connectivity index is 1.41. The topological polar surface area (TPSA) is 58.4 Å². The van der Waals surface area contributed by atoms with Crippen molar-refractivity contribution in [2.24, 2.45) is 0 Å². The smallest absolute Gasteiger partial charge is 0.254 e. The van der Waals surface area contributed by atoms with Crippen molar-refractivity contribution >= 4 is 11.8 Å². The number of aryl methyl sites for hydroxylation is 1. The Bertz CT molecular complexity index is 813. The van der Waals surface area contributed by atoms with Gasteiger partial charge in [-0.2, -0.15) is 5.10 Å². The number of carbonyl (C=O) groups excluding carboxylic acids is 2. The fourth-order valence-electron chi connectivity index (χ4n) is 3.83. The molecule has 1 atom stereocenters. The van der Waals surface area contributed by atoms with E-state index < -0.39 is 0 Å². The Hall–Kier alpha value is -2.63. The van der Waals surface area contributed by atoms with Gasteiger partial charge in [-0.25, -0.2) is 0 Å². The molecule has 2 aliphatic rings. The van der Waals surface area contributed by atoms with Crippen molar-refractivity contribution in [3.8, 4) is 0 Å². The van der Waals surface area contributed by atoms with E-state index in [1.165, 1.54) is 0 Å². The molecule has 0 bridgehead atoms. The predicted octanol–water partition coefficient (Wildman–Crippen LogP) is 1.84. The number of amides is 2. The first-order chi connectivity index (χ1) is 12.1. The number of hydrogen-bond donors (Lipinski definition) is 0. The van der Waals surface area contributed by atoms with Gasteiger partial charge in [-0.1, -0.05) is 18.2 Å². The first-order valence-corrected chi connectivity index (χ1v) is 8.77. The van der Waals surface area contributed by atoms with Crippen LogP contribution in [0, 0.1) is 6.92 Å². The first-order valence-electron chi connectivity index (χ1n) is 8.77. The molecule has 25 heavy (non-hydrogen) atoms. The summed E-state index contributed by atoms with van der Waals surface area (Å²) in [6, 6.07) is 7.74. The van der Waals surface area contributed by atoms with Gasteiger partial charge in [0.25, 0.3) is 5.91 Å². The Morgan fingerprint density at radius 2 is 2.16 bits per heavy atom. The maximum Gasteiger partial charge on any atom is 0.254 e. The van der Waals surface area contributed by atoms with Crippen LogP contribution in [0.15, 0.2) is 36.7 Å². The number of aromatic nitrogens is 2. The van der Waals surface area contributed by atoms with Gasteiger partial charge in [0.2, 0.25) is 5.91 Å². The number of hydrogen-bond acceptors (Lipinski definition) is 3. The molecule has 2 aromatic rings. The summed E-state index contributed by atoms with van der Waals surface area (Å²) < 4.78 is 1.91. The van der Waals surface area contributed by atoms with E-state index in [0.29, 0.717) is 13.1 Å². The van der Waals surface area contributed by atoms with Crippen LogP contribution in [0.3, 0.4) is 0 Å². The highest BCUT2D eigenvalue weighted by Crippen LogP contribution is 2.24. The van der Waals surface area contributed by atoms with Gasteiger partial charge in [0.15, 0.2) is 0 Å². The third-order valence-corrected chi connectivity index (χ3v) is 5.08. The lowest BCUT2D eigenvalue weighted by atomic mass is 10.1. The average Bonchev–Trinajstić information content (AvgIpc) is 3.29. The maximum atomic E-state index is 12.8. The highest BCUT2D eigenvalue weighted by Gasteiger charge is 2.33. The van der Waals surface area contributed by atoms with Crippen LogP contribution in [-0.4, -0.2) is 50.5 Å². The van der Waals surface area contributed by atoms with Crippen molar-refractivity contribution in [3.63, 3.8) is 0 Å². The second-order valence-electron chi connectivity index (χ2n) is 6.94. The molecule has 6 heteroatoms. The number of nitrogens with zero attached hydrogens (tertiary/aromatic N) is 4. The SMILES string of the molecule is Cc1cnn(C[C@@H]2CCCN2C(=O)CN2Cc3ccccc3C2=O)c1. The zero-order valence-corrected chi connectivity index (χ0v) is 14.4. The van der Waals surface area contributed by atoms with Gasteiger partial charge in [0, 0.05) is 24.8 Å². The molecule has 0 spiro atoms. The third kappa shape index (κ3) is 3.04. The molecule has 0 saturated carbocycles. The van der Waals surface area contributed by atoms with Gasteiger partial charge in [-0.3, -0.25) is 14.3 Å². The van der Waals surface area contributed by atoms with Crippen LogP contribution in [0.4, 0.5) is 0 Å². The largest absolute Gasteiger partial charge is 0.336 e. The van der Waals surface area contributed by atoms with Crippen molar-refractivity contribution in [2.75, 3.05) is 13.1 Å². The Morgan fingerprint density at radius 1 is 1.32 bits per heavy atom. The lowest BCUT2D eigenvalue weighted by molar-refractivity contribution is -0.133. The summed E-state index contributed by atoms with van der Waals surface area (Å²) in [7, 11) is 0. The van der Waals surface area contributed by atoms with Crippen LogP contribution in [0.25, 0.3) is 0 Å². The van der Waals surface area contributed by atoms with Crippen molar-refractivity contribution < 1.29 is 9.59 Å². The first kappa shape index (κ1) is 15.9. The molecular formula is C19H22N4O2. The molecule has 6 nitrogen and oxygen atoms in total. The summed E-state index contributed by atoms with van der Waals surface area (Å²) in [5.41, 5.74) is 2.85. The summed E-state index contributed by atoms with van der Waals surface area (Å²) >= 11 is 0. The molecule has 0 radical (unpaired) electrons. The summed E-state index contributed by atoms with van der Waals surface area (Å²) in [6.07, 6.45) is 5.83. The second kappa shape index (κ2) is 6.35. The van der Waals surface area contributed by atoms with Crippen LogP contribution in [-0.2, 0) is 17.9 Å². The molecule has 0 aliphatic carbocycles. The van der Waals surface area contributed by atoms with Crippen molar-refractivity contribution in [1.82, 2.24) is 19.6 Å². The van der Waals surface area contributed by atoms with Crippen LogP contribution < -0.4 is 0 Å². The van der Waals surface area contributed by atoms with E-state index in [0.717, 1.165) is 36.1 Å². The standard InChI is InChI=1S/C19H22N4O2/c1-14-9-20-22(10-14)12-16-6-4-8-23(16)18(24)13-21-11-15-5-2-3-7-17(15)19(21)25/h2-3,5,7,9-10,16H,4,6,8,11-13H2,1H3/t16-/m0/s1. The highest BCUT2D eigenvalue weighted by atomic mass is 16.2. The summed E-state index contributed by atoms with van der Waals surface area (Å²) in [5, 5.41) is 4.33. The molecule has 0 N–H and O–H groups in total.